The number of aryl methyl sites for hydroxylation is 1. The lowest BCUT2D eigenvalue weighted by molar-refractivity contribution is -0.144. The third-order valence-electron chi connectivity index (χ3n) is 4.59. The number of ketones is 1. The van der Waals surface area contributed by atoms with Gasteiger partial charge < -0.3 is 4.74 Å². The summed E-state index contributed by atoms with van der Waals surface area (Å²) in [6, 6.07) is 27.2. The van der Waals surface area contributed by atoms with Crippen LogP contribution in [0.2, 0.25) is 0 Å². The Bertz CT molecular complexity index is 880. The first kappa shape index (κ1) is 20.5. The molecule has 0 atom stereocenters. The van der Waals surface area contributed by atoms with Gasteiger partial charge in [0.1, 0.15) is 0 Å². The Kier molecular flexibility index (Phi) is 7.31. The number of esters is 1. The lowest BCUT2D eigenvalue weighted by Gasteiger charge is -2.21. The van der Waals surface area contributed by atoms with E-state index in [-0.39, 0.29) is 18.9 Å². The highest BCUT2D eigenvalue weighted by molar-refractivity contribution is 5.98. The quantitative estimate of drug-likeness (QED) is 0.403. The van der Waals surface area contributed by atoms with Crippen molar-refractivity contribution in [3.63, 3.8) is 0 Å². The maximum absolute atomic E-state index is 12.4. The van der Waals surface area contributed by atoms with E-state index in [0.717, 1.165) is 16.7 Å². The zero-order valence-corrected chi connectivity index (χ0v) is 16.6. The molecule has 0 saturated carbocycles. The van der Waals surface area contributed by atoms with Crippen molar-refractivity contribution < 1.29 is 14.3 Å². The van der Waals surface area contributed by atoms with E-state index < -0.39 is 5.97 Å². The molecule has 4 heteroatoms. The summed E-state index contributed by atoms with van der Waals surface area (Å²) in [5.74, 6) is -0.603. The molecule has 0 radical (unpaired) electrons. The van der Waals surface area contributed by atoms with Gasteiger partial charge in [0.15, 0.2) is 12.4 Å². The minimum atomic E-state index is -0.405. The van der Waals surface area contributed by atoms with Gasteiger partial charge in [0.2, 0.25) is 0 Å². The van der Waals surface area contributed by atoms with Gasteiger partial charge in [-0.1, -0.05) is 90.5 Å². The van der Waals surface area contributed by atoms with Crippen molar-refractivity contribution in [3.8, 4) is 0 Å². The predicted octanol–water partition coefficient (Wildman–Crippen LogP) is 4.42. The summed E-state index contributed by atoms with van der Waals surface area (Å²) in [4.78, 5) is 26.7. The minimum absolute atomic E-state index is 0.116. The number of benzene rings is 3. The number of hydrogen-bond donors (Lipinski definition) is 0. The molecule has 0 N–H and O–H groups in total. The molecule has 0 fully saturated rings. The number of nitrogens with zero attached hydrogens (tertiary/aromatic N) is 1. The molecule has 0 spiro atoms. The van der Waals surface area contributed by atoms with Gasteiger partial charge in [0.25, 0.3) is 0 Å². The number of rotatable bonds is 9. The topological polar surface area (TPSA) is 46.6 Å². The number of Topliss-reactive ketones (excluding diaryl/α,β-unsaturated/α-hetero) is 1. The van der Waals surface area contributed by atoms with E-state index in [9.17, 15) is 9.59 Å². The van der Waals surface area contributed by atoms with Crippen molar-refractivity contribution in [2.24, 2.45) is 0 Å². The van der Waals surface area contributed by atoms with Gasteiger partial charge in [-0.25, -0.2) is 0 Å². The largest absolute Gasteiger partial charge is 0.456 e. The minimum Gasteiger partial charge on any atom is -0.456 e. The molecule has 29 heavy (non-hydrogen) atoms. The molecule has 0 aliphatic heterocycles. The van der Waals surface area contributed by atoms with Crippen LogP contribution in [-0.4, -0.2) is 29.8 Å². The summed E-state index contributed by atoms with van der Waals surface area (Å²) in [7, 11) is 0. The van der Waals surface area contributed by atoms with Crippen LogP contribution in [0.3, 0.4) is 0 Å². The van der Waals surface area contributed by atoms with E-state index in [0.29, 0.717) is 18.7 Å². The molecule has 0 amide bonds. The maximum Gasteiger partial charge on any atom is 0.320 e. The van der Waals surface area contributed by atoms with Gasteiger partial charge in [-0.3, -0.25) is 14.5 Å². The summed E-state index contributed by atoms with van der Waals surface area (Å²) in [6.45, 7) is 3.08. The van der Waals surface area contributed by atoms with Crippen LogP contribution in [0, 0.1) is 6.92 Å². The molecular weight excluding hydrogens is 362 g/mol. The van der Waals surface area contributed by atoms with Crippen molar-refractivity contribution in [1.29, 1.82) is 0 Å². The molecule has 0 heterocycles. The number of ether oxygens (including phenoxy) is 1. The molecule has 0 bridgehead atoms. The molecule has 0 saturated heterocycles. The van der Waals surface area contributed by atoms with Crippen LogP contribution in [0.15, 0.2) is 84.9 Å². The molecule has 4 nitrogen and oxygen atoms in total. The summed E-state index contributed by atoms with van der Waals surface area (Å²) < 4.78 is 5.26. The Morgan fingerprint density at radius 2 is 1.28 bits per heavy atom. The van der Waals surface area contributed by atoms with Crippen LogP contribution < -0.4 is 0 Å². The Balaban J connectivity index is 1.59. The van der Waals surface area contributed by atoms with Gasteiger partial charge in [-0.15, -0.1) is 0 Å². The second-order valence-electron chi connectivity index (χ2n) is 7.07. The van der Waals surface area contributed by atoms with Crippen molar-refractivity contribution in [1.82, 2.24) is 4.90 Å². The average molecular weight is 387 g/mol. The second kappa shape index (κ2) is 10.3. The smallest absolute Gasteiger partial charge is 0.320 e. The predicted molar refractivity (Wildman–Crippen MR) is 113 cm³/mol. The highest BCUT2D eigenvalue weighted by Gasteiger charge is 2.15. The fourth-order valence-electron chi connectivity index (χ4n) is 3.05. The molecule has 0 aliphatic carbocycles. The lowest BCUT2D eigenvalue weighted by atomic mass is 10.1. The zero-order valence-electron chi connectivity index (χ0n) is 16.6. The van der Waals surface area contributed by atoms with E-state index in [1.54, 1.807) is 12.1 Å². The lowest BCUT2D eigenvalue weighted by Crippen LogP contribution is -2.31. The van der Waals surface area contributed by atoms with Crippen molar-refractivity contribution in [2.45, 2.75) is 20.0 Å². The molecule has 0 unspecified atom stereocenters. The van der Waals surface area contributed by atoms with Gasteiger partial charge in [-0.05, 0) is 18.1 Å². The van der Waals surface area contributed by atoms with Gasteiger partial charge in [0, 0.05) is 18.7 Å². The van der Waals surface area contributed by atoms with Gasteiger partial charge in [-0.2, -0.15) is 0 Å². The van der Waals surface area contributed by atoms with E-state index >= 15 is 0 Å². The van der Waals surface area contributed by atoms with E-state index in [1.807, 2.05) is 84.6 Å². The molecule has 3 aromatic rings. The molecule has 0 aliphatic rings. The Morgan fingerprint density at radius 3 is 1.79 bits per heavy atom. The first-order chi connectivity index (χ1) is 14.1. The highest BCUT2D eigenvalue weighted by atomic mass is 16.5. The zero-order chi connectivity index (χ0) is 20.5. The van der Waals surface area contributed by atoms with E-state index in [2.05, 4.69) is 0 Å². The summed E-state index contributed by atoms with van der Waals surface area (Å²) >= 11 is 0. The van der Waals surface area contributed by atoms with Crippen LogP contribution in [0.1, 0.15) is 27.0 Å². The Hall–Kier alpha value is -3.24. The van der Waals surface area contributed by atoms with E-state index in [1.165, 1.54) is 0 Å². The summed E-state index contributed by atoms with van der Waals surface area (Å²) in [6.07, 6.45) is 0. The van der Waals surface area contributed by atoms with Crippen molar-refractivity contribution >= 4 is 11.8 Å². The van der Waals surface area contributed by atoms with Crippen LogP contribution in [0.5, 0.6) is 0 Å². The molecule has 0 aromatic heterocycles. The van der Waals surface area contributed by atoms with Gasteiger partial charge >= 0.3 is 5.97 Å². The average Bonchev–Trinajstić information content (AvgIpc) is 2.74. The fraction of sp³-hybridized carbons (Fsp3) is 0.200. The van der Waals surface area contributed by atoms with Crippen molar-refractivity contribution in [3.05, 3.63) is 107 Å². The van der Waals surface area contributed by atoms with Crippen molar-refractivity contribution in [2.75, 3.05) is 13.2 Å². The number of carbonyl (C=O) groups excluding carboxylic acids is 2. The fourth-order valence-corrected chi connectivity index (χ4v) is 3.05. The molecule has 148 valence electrons. The van der Waals surface area contributed by atoms with Crippen LogP contribution in [0.25, 0.3) is 0 Å². The summed E-state index contributed by atoms with van der Waals surface area (Å²) in [5.41, 5.74) is 3.86. The first-order valence-corrected chi connectivity index (χ1v) is 9.66. The monoisotopic (exact) mass is 387 g/mol. The highest BCUT2D eigenvalue weighted by Crippen LogP contribution is 2.10. The van der Waals surface area contributed by atoms with E-state index in [4.69, 9.17) is 4.74 Å². The van der Waals surface area contributed by atoms with Crippen LogP contribution in [0.4, 0.5) is 0 Å². The number of hydrogen-bond acceptors (Lipinski definition) is 4. The number of carbonyl (C=O) groups is 2. The Morgan fingerprint density at radius 1 is 0.759 bits per heavy atom. The third-order valence-corrected chi connectivity index (χ3v) is 4.59. The molecular formula is C25H25NO3. The second-order valence-corrected chi connectivity index (χ2v) is 7.07. The first-order valence-electron chi connectivity index (χ1n) is 9.66. The molecule has 3 rings (SSSR count). The molecule has 3 aromatic carbocycles. The Labute approximate surface area is 171 Å². The van der Waals surface area contributed by atoms with Crippen LogP contribution in [-0.2, 0) is 22.6 Å². The SMILES string of the molecule is Cc1ccc(C(=O)COC(=O)CN(Cc2ccccc2)Cc2ccccc2)cc1. The van der Waals surface area contributed by atoms with Crippen LogP contribution >= 0.6 is 0 Å². The standard InChI is InChI=1S/C25H25NO3/c1-20-12-14-23(15-13-20)24(27)19-29-25(28)18-26(16-21-8-4-2-5-9-21)17-22-10-6-3-7-11-22/h2-15H,16-19H2,1H3. The van der Waals surface area contributed by atoms with Gasteiger partial charge in [0.05, 0.1) is 6.54 Å². The summed E-state index contributed by atoms with van der Waals surface area (Å²) in [5, 5.41) is 0. The third kappa shape index (κ3) is 6.70. The maximum atomic E-state index is 12.4. The normalized spacial score (nSPS) is 10.7.